The number of aromatic nitrogens is 2. The fraction of sp³-hybridized carbons (Fsp3) is 0.533. The zero-order chi connectivity index (χ0) is 18.9. The van der Waals surface area contributed by atoms with Gasteiger partial charge in [0.25, 0.3) is 5.92 Å². The number of ether oxygens (including phenoxy) is 1. The number of nitrogens with two attached hydrogens (primary N) is 1. The Balaban J connectivity index is 1.69. The molecule has 3 rings (SSSR count). The zero-order valence-electron chi connectivity index (χ0n) is 14.0. The van der Waals surface area contributed by atoms with Crippen LogP contribution in [0.1, 0.15) is 12.6 Å². The summed E-state index contributed by atoms with van der Waals surface area (Å²) in [5.74, 6) is -3.57. The molecular weight excluding hydrogens is 350 g/mol. The van der Waals surface area contributed by atoms with E-state index < -0.39 is 30.4 Å². The second-order valence-corrected chi connectivity index (χ2v) is 6.42. The highest BCUT2D eigenvalue weighted by atomic mass is 19.3. The van der Waals surface area contributed by atoms with E-state index in [4.69, 9.17) is 10.5 Å². The lowest BCUT2D eigenvalue weighted by molar-refractivity contribution is -0.297. The van der Waals surface area contributed by atoms with Crippen molar-refractivity contribution in [3.8, 4) is 0 Å². The molecule has 26 heavy (non-hydrogen) atoms. The summed E-state index contributed by atoms with van der Waals surface area (Å²) in [6, 6.07) is 1.28. The summed E-state index contributed by atoms with van der Waals surface area (Å²) in [6.45, 7) is 1.89. The third kappa shape index (κ3) is 4.06. The molecule has 0 spiro atoms. The van der Waals surface area contributed by atoms with E-state index in [1.807, 2.05) is 4.90 Å². The van der Waals surface area contributed by atoms with Gasteiger partial charge in [0.15, 0.2) is 0 Å². The molecule has 0 radical (unpaired) electrons. The lowest BCUT2D eigenvalue weighted by Gasteiger charge is -2.31. The van der Waals surface area contributed by atoms with Crippen molar-refractivity contribution in [3.05, 3.63) is 34.5 Å². The third-order valence-electron chi connectivity index (χ3n) is 4.26. The van der Waals surface area contributed by atoms with Crippen molar-refractivity contribution < 1.29 is 24.0 Å². The first-order valence-electron chi connectivity index (χ1n) is 8.15. The van der Waals surface area contributed by atoms with Crippen LogP contribution >= 0.6 is 0 Å². The first-order chi connectivity index (χ1) is 12.2. The van der Waals surface area contributed by atoms with Crippen LogP contribution in [0, 0.1) is 0 Å². The minimum atomic E-state index is -3.21. The summed E-state index contributed by atoms with van der Waals surface area (Å²) in [5, 5.41) is 3.07. The quantitative estimate of drug-likeness (QED) is 0.538. The highest BCUT2D eigenvalue weighted by molar-refractivity contribution is 5.78. The molecule has 0 aliphatic carbocycles. The Morgan fingerprint density at radius 2 is 2.35 bits per heavy atom. The monoisotopic (exact) mass is 371 g/mol. The Kier molecular flexibility index (Phi) is 5.03. The third-order valence-corrected chi connectivity index (χ3v) is 4.26. The van der Waals surface area contributed by atoms with E-state index in [9.17, 15) is 18.4 Å². The summed E-state index contributed by atoms with van der Waals surface area (Å²) in [4.78, 5) is 28.3. The average Bonchev–Trinajstić information content (AvgIpc) is 2.81. The van der Waals surface area contributed by atoms with Crippen LogP contribution in [0.2, 0.25) is 0 Å². The number of carbonyl (C=O) groups excluding carboxylic acids is 1. The van der Waals surface area contributed by atoms with Crippen LogP contribution in [0.15, 0.2) is 28.8 Å². The number of quaternary nitrogens is 1. The minimum Gasteiger partial charge on any atom is -0.386 e. The lowest BCUT2D eigenvalue weighted by atomic mass is 10.1. The Labute approximate surface area is 147 Å². The number of alkyl halides is 2. The summed E-state index contributed by atoms with van der Waals surface area (Å²) in [5.41, 5.74) is 8.50. The number of rotatable bonds is 4. The van der Waals surface area contributed by atoms with Crippen molar-refractivity contribution in [3.63, 3.8) is 0 Å². The van der Waals surface area contributed by atoms with Gasteiger partial charge in [0, 0.05) is 44.5 Å². The number of hydrogen-bond donors (Lipinski definition) is 3. The van der Waals surface area contributed by atoms with Crippen LogP contribution in [0.4, 0.5) is 14.6 Å². The SMILES string of the molecule is Nc1ccn([C@@H]2O[C@H](CN3CCN/C(=C\C([NH3+])=O)C3)CC2(F)F)c(=O)n1. The van der Waals surface area contributed by atoms with Gasteiger partial charge in [-0.25, -0.2) is 18.4 Å². The molecule has 2 atom stereocenters. The molecule has 2 aliphatic rings. The normalized spacial score (nSPS) is 27.4. The van der Waals surface area contributed by atoms with Crippen LogP contribution in [0.25, 0.3) is 0 Å². The van der Waals surface area contributed by atoms with Gasteiger partial charge in [-0.05, 0) is 6.07 Å². The minimum absolute atomic E-state index is 0.0378. The molecule has 1 amide bonds. The highest BCUT2D eigenvalue weighted by Crippen LogP contribution is 2.42. The summed E-state index contributed by atoms with van der Waals surface area (Å²) < 4.78 is 35.0. The molecule has 1 aromatic rings. The van der Waals surface area contributed by atoms with Crippen molar-refractivity contribution in [1.29, 1.82) is 0 Å². The summed E-state index contributed by atoms with van der Waals surface area (Å²) >= 11 is 0. The molecule has 11 heteroatoms. The topological polar surface area (TPSA) is 130 Å². The maximum absolute atomic E-state index is 14.4. The lowest BCUT2D eigenvalue weighted by Crippen LogP contribution is -2.56. The van der Waals surface area contributed by atoms with Gasteiger partial charge < -0.3 is 15.8 Å². The Bertz CT molecular complexity index is 781. The number of anilines is 1. The molecule has 9 nitrogen and oxygen atoms in total. The molecule has 142 valence electrons. The Morgan fingerprint density at radius 1 is 1.58 bits per heavy atom. The predicted octanol–water partition coefficient (Wildman–Crippen LogP) is -1.69. The van der Waals surface area contributed by atoms with Crippen LogP contribution in [-0.4, -0.2) is 58.6 Å². The van der Waals surface area contributed by atoms with Gasteiger partial charge >= 0.3 is 11.6 Å². The van der Waals surface area contributed by atoms with Gasteiger partial charge in [-0.2, -0.15) is 4.98 Å². The number of hydrogen-bond acceptors (Lipinski definition) is 7. The number of halogens is 2. The standard InChI is InChI=1S/C15H20F2N6O3/c16-15(17)6-10(8-22-4-2-20-9(7-22)5-12(19)24)26-13(15)23-3-1-11(18)21-14(23)25/h1,3,5,10,13,20H,2,4,6-8H2,(H2,19,24)(H2,18,21,25)/p+1/b9-5-/t10-,13+/m0/s1. The molecule has 6 N–H and O–H groups in total. The molecule has 0 aromatic carbocycles. The van der Waals surface area contributed by atoms with Crippen molar-refractivity contribution in [2.75, 3.05) is 31.9 Å². The number of piperazine rings is 1. The van der Waals surface area contributed by atoms with Gasteiger partial charge in [-0.1, -0.05) is 0 Å². The molecular formula is C15H21F2N6O3+. The van der Waals surface area contributed by atoms with Gasteiger partial charge in [0.05, 0.1) is 12.2 Å². The molecule has 2 aliphatic heterocycles. The van der Waals surface area contributed by atoms with Crippen LogP contribution in [-0.2, 0) is 9.53 Å². The fourth-order valence-electron chi connectivity index (χ4n) is 3.20. The van der Waals surface area contributed by atoms with E-state index in [-0.39, 0.29) is 18.3 Å². The molecule has 2 saturated heterocycles. The van der Waals surface area contributed by atoms with Crippen LogP contribution in [0.3, 0.4) is 0 Å². The fourth-order valence-corrected chi connectivity index (χ4v) is 3.20. The first-order valence-corrected chi connectivity index (χ1v) is 8.15. The van der Waals surface area contributed by atoms with E-state index in [2.05, 4.69) is 16.0 Å². The number of carbonyl (C=O) groups is 1. The first kappa shape index (κ1) is 18.4. The maximum Gasteiger partial charge on any atom is 0.351 e. The number of nitrogen functional groups attached to an aromatic ring is 1. The van der Waals surface area contributed by atoms with E-state index in [0.29, 0.717) is 25.3 Å². The predicted molar refractivity (Wildman–Crippen MR) is 86.8 cm³/mol. The van der Waals surface area contributed by atoms with Crippen molar-refractivity contribution in [2.24, 2.45) is 0 Å². The van der Waals surface area contributed by atoms with E-state index in [1.165, 1.54) is 12.1 Å². The number of nitrogens with one attached hydrogen (secondary N) is 1. The molecule has 2 fully saturated rings. The van der Waals surface area contributed by atoms with Gasteiger partial charge in [-0.15, -0.1) is 0 Å². The molecule has 0 bridgehead atoms. The van der Waals surface area contributed by atoms with Gasteiger partial charge in [-0.3, -0.25) is 15.2 Å². The van der Waals surface area contributed by atoms with E-state index in [0.717, 1.165) is 10.8 Å². The molecule has 0 unspecified atom stereocenters. The second-order valence-electron chi connectivity index (χ2n) is 6.42. The average molecular weight is 371 g/mol. The van der Waals surface area contributed by atoms with Crippen molar-refractivity contribution >= 4 is 11.7 Å². The van der Waals surface area contributed by atoms with Gasteiger partial charge in [0.1, 0.15) is 5.82 Å². The van der Waals surface area contributed by atoms with E-state index in [1.54, 1.807) is 0 Å². The molecule has 1 aromatic heterocycles. The Hall–Kier alpha value is -2.37. The van der Waals surface area contributed by atoms with E-state index >= 15 is 0 Å². The smallest absolute Gasteiger partial charge is 0.351 e. The van der Waals surface area contributed by atoms with Crippen LogP contribution in [0.5, 0.6) is 0 Å². The summed E-state index contributed by atoms with van der Waals surface area (Å²) in [7, 11) is 0. The number of amides is 1. The largest absolute Gasteiger partial charge is 0.386 e. The van der Waals surface area contributed by atoms with Gasteiger partial charge in [0.2, 0.25) is 6.23 Å². The molecule has 3 heterocycles. The summed E-state index contributed by atoms with van der Waals surface area (Å²) in [6.07, 6.45) is -0.427. The highest BCUT2D eigenvalue weighted by Gasteiger charge is 2.52. The maximum atomic E-state index is 14.4. The van der Waals surface area contributed by atoms with Crippen molar-refractivity contribution in [1.82, 2.24) is 19.8 Å². The molecule has 0 saturated carbocycles. The number of nitrogens with zero attached hydrogens (tertiary/aromatic N) is 3. The Morgan fingerprint density at radius 3 is 3.04 bits per heavy atom. The van der Waals surface area contributed by atoms with Crippen molar-refractivity contribution in [2.45, 2.75) is 24.7 Å². The second kappa shape index (κ2) is 7.09. The zero-order valence-corrected chi connectivity index (χ0v) is 14.0. The van der Waals surface area contributed by atoms with Crippen LogP contribution < -0.4 is 22.5 Å².